The van der Waals surface area contributed by atoms with Gasteiger partial charge in [0.15, 0.2) is 17.7 Å². The largest absolute Gasteiger partial charge is 0.478 e. The van der Waals surface area contributed by atoms with Gasteiger partial charge in [0.25, 0.3) is 5.91 Å². The van der Waals surface area contributed by atoms with Gasteiger partial charge < -0.3 is 9.26 Å². The topological polar surface area (TPSA) is 64.4 Å². The molecule has 0 saturated heterocycles. The summed E-state index contributed by atoms with van der Waals surface area (Å²) in [7, 11) is 0. The van der Waals surface area contributed by atoms with Crippen molar-refractivity contribution in [3.63, 3.8) is 0 Å². The second-order valence-corrected chi connectivity index (χ2v) is 5.32. The summed E-state index contributed by atoms with van der Waals surface area (Å²) < 4.78 is 24.1. The van der Waals surface area contributed by atoms with E-state index in [2.05, 4.69) is 10.5 Å². The van der Waals surface area contributed by atoms with Crippen LogP contribution in [0.1, 0.15) is 31.0 Å². The van der Waals surface area contributed by atoms with E-state index < -0.39 is 17.8 Å². The van der Waals surface area contributed by atoms with Crippen molar-refractivity contribution in [3.05, 3.63) is 41.3 Å². The number of hydrogen-bond acceptors (Lipinski definition) is 4. The van der Waals surface area contributed by atoms with Gasteiger partial charge in [-0.25, -0.2) is 4.39 Å². The lowest BCUT2D eigenvalue weighted by atomic mass is 9.98. The van der Waals surface area contributed by atoms with E-state index in [4.69, 9.17) is 9.26 Å². The van der Waals surface area contributed by atoms with E-state index in [1.807, 2.05) is 0 Å². The molecule has 1 heterocycles. The van der Waals surface area contributed by atoms with Crippen LogP contribution in [0.25, 0.3) is 0 Å². The highest BCUT2D eigenvalue weighted by Gasteiger charge is 2.23. The third kappa shape index (κ3) is 2.95. The standard InChI is InChI=1S/C16H17FN2O3/c1-10(21-14-9-5-3-7-12(14)17)15(20)18-16-11-6-2-4-8-13(11)19-22-16/h3,5,7,9-10H,2,4,6,8H2,1H3,(H,18,20)/t10-/m1/s1. The number of carbonyl (C=O) groups is 1. The van der Waals surface area contributed by atoms with Crippen LogP contribution in [0.3, 0.4) is 0 Å². The van der Waals surface area contributed by atoms with E-state index in [-0.39, 0.29) is 5.75 Å². The van der Waals surface area contributed by atoms with Crippen molar-refractivity contribution in [1.82, 2.24) is 5.16 Å². The number of anilines is 1. The molecule has 0 spiro atoms. The molecule has 1 aromatic heterocycles. The minimum Gasteiger partial charge on any atom is -0.478 e. The minimum atomic E-state index is -0.846. The highest BCUT2D eigenvalue weighted by atomic mass is 19.1. The van der Waals surface area contributed by atoms with Gasteiger partial charge in [-0.05, 0) is 44.7 Å². The number of aromatic nitrogens is 1. The zero-order chi connectivity index (χ0) is 15.5. The third-order valence-electron chi connectivity index (χ3n) is 3.71. The van der Waals surface area contributed by atoms with Crippen molar-refractivity contribution >= 4 is 11.8 Å². The lowest BCUT2D eigenvalue weighted by Gasteiger charge is -2.15. The number of benzene rings is 1. The number of ether oxygens (including phenoxy) is 1. The summed E-state index contributed by atoms with van der Waals surface area (Å²) in [5.41, 5.74) is 1.86. The summed E-state index contributed by atoms with van der Waals surface area (Å²) >= 11 is 0. The smallest absolute Gasteiger partial charge is 0.267 e. The predicted octanol–water partition coefficient (Wildman–Crippen LogP) is 3.10. The fraction of sp³-hybridized carbons (Fsp3) is 0.375. The molecule has 0 saturated carbocycles. The average molecular weight is 304 g/mol. The Morgan fingerprint density at radius 1 is 1.36 bits per heavy atom. The van der Waals surface area contributed by atoms with Gasteiger partial charge in [-0.3, -0.25) is 10.1 Å². The van der Waals surface area contributed by atoms with Crippen molar-refractivity contribution in [1.29, 1.82) is 0 Å². The van der Waals surface area contributed by atoms with Crippen molar-refractivity contribution in [3.8, 4) is 5.75 Å². The van der Waals surface area contributed by atoms with Crippen molar-refractivity contribution in [2.75, 3.05) is 5.32 Å². The summed E-state index contributed by atoms with van der Waals surface area (Å²) in [4.78, 5) is 12.2. The second kappa shape index (κ2) is 6.17. The van der Waals surface area contributed by atoms with Gasteiger partial charge in [0.2, 0.25) is 5.88 Å². The van der Waals surface area contributed by atoms with Crippen molar-refractivity contribution < 1.29 is 18.4 Å². The Morgan fingerprint density at radius 2 is 2.14 bits per heavy atom. The first kappa shape index (κ1) is 14.6. The second-order valence-electron chi connectivity index (χ2n) is 5.32. The molecular formula is C16H17FN2O3. The fourth-order valence-electron chi connectivity index (χ4n) is 2.49. The van der Waals surface area contributed by atoms with Crippen LogP contribution >= 0.6 is 0 Å². The van der Waals surface area contributed by atoms with E-state index in [1.54, 1.807) is 19.1 Å². The summed E-state index contributed by atoms with van der Waals surface area (Å²) in [6.45, 7) is 1.56. The molecule has 1 aliphatic carbocycles. The van der Waals surface area contributed by atoms with Crippen LogP contribution in [0, 0.1) is 5.82 Å². The SMILES string of the molecule is C[C@@H](Oc1ccccc1F)C(=O)Nc1onc2c1CCCC2. The molecule has 1 N–H and O–H groups in total. The number of nitrogens with zero attached hydrogens (tertiary/aromatic N) is 1. The molecule has 0 fully saturated rings. The maximum Gasteiger partial charge on any atom is 0.267 e. The molecule has 1 atom stereocenters. The van der Waals surface area contributed by atoms with E-state index in [1.165, 1.54) is 12.1 Å². The Balaban J connectivity index is 1.67. The van der Waals surface area contributed by atoms with Crippen LogP contribution in [0.4, 0.5) is 10.3 Å². The quantitative estimate of drug-likeness (QED) is 0.942. The first-order chi connectivity index (χ1) is 10.6. The molecule has 1 aliphatic rings. The van der Waals surface area contributed by atoms with E-state index in [0.29, 0.717) is 5.88 Å². The molecule has 116 valence electrons. The molecule has 22 heavy (non-hydrogen) atoms. The van der Waals surface area contributed by atoms with Crippen LogP contribution in [0.15, 0.2) is 28.8 Å². The van der Waals surface area contributed by atoms with Crippen molar-refractivity contribution in [2.24, 2.45) is 0 Å². The summed E-state index contributed by atoms with van der Waals surface area (Å²) in [6, 6.07) is 5.98. The molecule has 6 heteroatoms. The summed E-state index contributed by atoms with van der Waals surface area (Å²) in [5, 5.41) is 6.65. The lowest BCUT2D eigenvalue weighted by Crippen LogP contribution is -2.30. The van der Waals surface area contributed by atoms with Gasteiger partial charge in [-0.15, -0.1) is 0 Å². The Hall–Kier alpha value is -2.37. The average Bonchev–Trinajstić information content (AvgIpc) is 2.93. The first-order valence-corrected chi connectivity index (χ1v) is 7.34. The predicted molar refractivity (Wildman–Crippen MR) is 78.3 cm³/mol. The van der Waals surface area contributed by atoms with E-state index >= 15 is 0 Å². The van der Waals surface area contributed by atoms with Gasteiger partial charge in [0.1, 0.15) is 0 Å². The monoisotopic (exact) mass is 304 g/mol. The minimum absolute atomic E-state index is 0.0461. The molecule has 0 aliphatic heterocycles. The summed E-state index contributed by atoms with van der Waals surface area (Å²) in [6.07, 6.45) is 3.01. The molecule has 3 rings (SSSR count). The molecular weight excluding hydrogens is 287 g/mol. The number of amides is 1. The summed E-state index contributed by atoms with van der Waals surface area (Å²) in [5.74, 6) is -0.472. The molecule has 0 unspecified atom stereocenters. The number of halogens is 1. The Morgan fingerprint density at radius 3 is 2.95 bits per heavy atom. The number of carbonyl (C=O) groups excluding carboxylic acids is 1. The molecule has 1 amide bonds. The van der Waals surface area contributed by atoms with Gasteiger partial charge in [0.05, 0.1) is 5.69 Å². The third-order valence-corrected chi connectivity index (χ3v) is 3.71. The number of hydrogen-bond donors (Lipinski definition) is 1. The van der Waals surface area contributed by atoms with Crippen LogP contribution in [0.2, 0.25) is 0 Å². The number of fused-ring (bicyclic) bond motifs is 1. The lowest BCUT2D eigenvalue weighted by molar-refractivity contribution is -0.122. The number of rotatable bonds is 4. The Kier molecular flexibility index (Phi) is 4.09. The van der Waals surface area contributed by atoms with Crippen LogP contribution in [-0.2, 0) is 17.6 Å². The van der Waals surface area contributed by atoms with E-state index in [0.717, 1.165) is 36.9 Å². The van der Waals surface area contributed by atoms with Gasteiger partial charge in [0, 0.05) is 5.56 Å². The highest BCUT2D eigenvalue weighted by molar-refractivity contribution is 5.93. The zero-order valence-corrected chi connectivity index (χ0v) is 12.3. The maximum absolute atomic E-state index is 13.5. The molecule has 0 bridgehead atoms. The Labute approximate surface area is 127 Å². The fourth-order valence-corrected chi connectivity index (χ4v) is 2.49. The maximum atomic E-state index is 13.5. The van der Waals surface area contributed by atoms with Crippen LogP contribution in [0.5, 0.6) is 5.75 Å². The van der Waals surface area contributed by atoms with E-state index in [9.17, 15) is 9.18 Å². The van der Waals surface area contributed by atoms with Crippen molar-refractivity contribution in [2.45, 2.75) is 38.7 Å². The number of aryl methyl sites for hydroxylation is 1. The van der Waals surface area contributed by atoms with Gasteiger partial charge in [-0.2, -0.15) is 0 Å². The normalized spacial score (nSPS) is 15.0. The highest BCUT2D eigenvalue weighted by Crippen LogP contribution is 2.27. The first-order valence-electron chi connectivity index (χ1n) is 7.34. The zero-order valence-electron chi connectivity index (χ0n) is 12.3. The molecule has 1 aromatic carbocycles. The Bertz CT molecular complexity index is 684. The number of para-hydroxylation sites is 1. The molecule has 0 radical (unpaired) electrons. The van der Waals surface area contributed by atoms with Gasteiger partial charge >= 0.3 is 0 Å². The van der Waals surface area contributed by atoms with Crippen LogP contribution < -0.4 is 10.1 Å². The molecule has 5 nitrogen and oxygen atoms in total. The molecule has 2 aromatic rings. The van der Waals surface area contributed by atoms with Crippen LogP contribution in [-0.4, -0.2) is 17.2 Å². The number of nitrogens with one attached hydrogen (secondary N) is 1. The van der Waals surface area contributed by atoms with Gasteiger partial charge in [-0.1, -0.05) is 17.3 Å².